The Labute approximate surface area is 305 Å². The lowest BCUT2D eigenvalue weighted by Gasteiger charge is -2.30. The van der Waals surface area contributed by atoms with E-state index in [1.165, 1.54) is 64.2 Å². The van der Waals surface area contributed by atoms with E-state index in [4.69, 9.17) is 18.9 Å². The molecule has 1 heterocycles. The summed E-state index contributed by atoms with van der Waals surface area (Å²) in [5.41, 5.74) is 0. The number of hydrogen-bond acceptors (Lipinski definition) is 9. The van der Waals surface area contributed by atoms with E-state index < -0.39 is 5.92 Å². The van der Waals surface area contributed by atoms with Gasteiger partial charge in [0, 0.05) is 19.4 Å². The van der Waals surface area contributed by atoms with Crippen molar-refractivity contribution in [1.82, 2.24) is 4.90 Å². The third kappa shape index (κ3) is 26.6. The Morgan fingerprint density at radius 2 is 0.940 bits per heavy atom. The minimum atomic E-state index is -0.438. The van der Waals surface area contributed by atoms with Crippen molar-refractivity contribution in [3.8, 4) is 0 Å². The molecule has 0 saturated carbocycles. The average Bonchev–Trinajstić information content (AvgIpc) is 3.09. The highest BCUT2D eigenvalue weighted by molar-refractivity contribution is 5.72. The molecule has 2 atom stereocenters. The number of carbonyl (C=O) groups excluding carboxylic acids is 4. The summed E-state index contributed by atoms with van der Waals surface area (Å²) in [6, 6.07) is 0. The summed E-state index contributed by atoms with van der Waals surface area (Å²) in [5.74, 6) is -1.67. The maximum Gasteiger partial charge on any atom is 0.308 e. The summed E-state index contributed by atoms with van der Waals surface area (Å²) in [5, 5.41) is 0. The van der Waals surface area contributed by atoms with Crippen molar-refractivity contribution in [3.05, 3.63) is 0 Å². The van der Waals surface area contributed by atoms with E-state index in [2.05, 4.69) is 25.7 Å². The van der Waals surface area contributed by atoms with Gasteiger partial charge >= 0.3 is 23.9 Å². The second kappa shape index (κ2) is 32.7. The van der Waals surface area contributed by atoms with Gasteiger partial charge in [-0.05, 0) is 51.6 Å². The molecule has 9 heteroatoms. The van der Waals surface area contributed by atoms with Gasteiger partial charge in [-0.15, -0.1) is 0 Å². The van der Waals surface area contributed by atoms with Gasteiger partial charge in [-0.25, -0.2) is 0 Å². The van der Waals surface area contributed by atoms with Gasteiger partial charge in [-0.3, -0.25) is 19.2 Å². The summed E-state index contributed by atoms with van der Waals surface area (Å²) in [6.45, 7) is 9.85. The second-order valence-corrected chi connectivity index (χ2v) is 14.5. The monoisotopic (exact) mass is 710 g/mol. The summed E-state index contributed by atoms with van der Waals surface area (Å²) < 4.78 is 22.3. The van der Waals surface area contributed by atoms with Crippen LogP contribution < -0.4 is 0 Å². The third-order valence-electron chi connectivity index (χ3n) is 9.67. The molecule has 0 radical (unpaired) electrons. The molecule has 1 saturated heterocycles. The minimum absolute atomic E-state index is 0.00456. The van der Waals surface area contributed by atoms with Gasteiger partial charge in [-0.2, -0.15) is 0 Å². The van der Waals surface area contributed by atoms with Gasteiger partial charge in [0.2, 0.25) is 0 Å². The van der Waals surface area contributed by atoms with Gasteiger partial charge < -0.3 is 23.8 Å². The lowest BCUT2D eigenvalue weighted by atomic mass is 9.94. The van der Waals surface area contributed by atoms with Gasteiger partial charge in [0.15, 0.2) is 0 Å². The fraction of sp³-hybridized carbons (Fsp3) is 0.902. The molecule has 1 rings (SSSR count). The van der Waals surface area contributed by atoms with Gasteiger partial charge in [0.05, 0.1) is 24.9 Å². The molecular weight excluding hydrogens is 634 g/mol. The first-order valence-electron chi connectivity index (χ1n) is 20.7. The molecule has 0 bridgehead atoms. The number of ether oxygens (including phenoxy) is 4. The number of likely N-dealkylation sites (tertiary alicyclic amines) is 1. The van der Waals surface area contributed by atoms with Crippen LogP contribution in [0.3, 0.4) is 0 Å². The summed E-state index contributed by atoms with van der Waals surface area (Å²) >= 11 is 0. The number of hydrogen-bond donors (Lipinski definition) is 0. The molecule has 0 aromatic rings. The van der Waals surface area contributed by atoms with Crippen molar-refractivity contribution in [2.45, 2.75) is 181 Å². The SMILES string of the molecule is CCCCCCCCCOC(=O)CCCCC(=O)OCC(COC(=O)CCN1CCC1)COC(=O)C(CCCCCC)CCCCCCCC. The molecule has 0 aromatic heterocycles. The van der Waals surface area contributed by atoms with E-state index in [1.54, 1.807) is 0 Å². The fourth-order valence-corrected chi connectivity index (χ4v) is 6.11. The first-order chi connectivity index (χ1) is 24.4. The van der Waals surface area contributed by atoms with Crippen LogP contribution in [-0.2, 0) is 38.1 Å². The highest BCUT2D eigenvalue weighted by Gasteiger charge is 2.23. The van der Waals surface area contributed by atoms with Crippen LogP contribution in [0.4, 0.5) is 0 Å². The highest BCUT2D eigenvalue weighted by atomic mass is 16.6. The standard InChI is InChI=1S/C41H75NO8/c1-4-7-10-13-15-17-22-32-47-38(43)26-20-21-27-39(44)48-33-36(34-49-40(45)28-31-42-29-23-30-42)35-50-41(46)37(24-18-12-9-6-3)25-19-16-14-11-8-5-2/h36-37H,4-35H2,1-3H3. The fourth-order valence-electron chi connectivity index (χ4n) is 6.11. The predicted molar refractivity (Wildman–Crippen MR) is 200 cm³/mol. The first kappa shape index (κ1) is 45.9. The Hall–Kier alpha value is -2.16. The van der Waals surface area contributed by atoms with E-state index in [0.717, 1.165) is 77.3 Å². The van der Waals surface area contributed by atoms with Gasteiger partial charge in [0.25, 0.3) is 0 Å². The van der Waals surface area contributed by atoms with Crippen molar-refractivity contribution in [1.29, 1.82) is 0 Å². The van der Waals surface area contributed by atoms with Crippen molar-refractivity contribution in [3.63, 3.8) is 0 Å². The molecule has 0 aliphatic carbocycles. The van der Waals surface area contributed by atoms with Gasteiger partial charge in [0.1, 0.15) is 19.8 Å². The van der Waals surface area contributed by atoms with Crippen molar-refractivity contribution in [2.24, 2.45) is 11.8 Å². The first-order valence-corrected chi connectivity index (χ1v) is 20.7. The maximum absolute atomic E-state index is 13.3. The number of unbranched alkanes of at least 4 members (excludes halogenated alkanes) is 15. The molecular formula is C41H75NO8. The third-order valence-corrected chi connectivity index (χ3v) is 9.67. The molecule has 1 aliphatic rings. The smallest absolute Gasteiger partial charge is 0.308 e. The number of nitrogens with zero attached hydrogens (tertiary/aromatic N) is 1. The van der Waals surface area contributed by atoms with Crippen LogP contribution in [-0.4, -0.2) is 74.8 Å². The van der Waals surface area contributed by atoms with E-state index in [0.29, 0.717) is 32.4 Å². The zero-order chi connectivity index (χ0) is 36.5. The number of esters is 4. The van der Waals surface area contributed by atoms with E-state index in [-0.39, 0.29) is 62.5 Å². The maximum atomic E-state index is 13.3. The lowest BCUT2D eigenvalue weighted by Crippen LogP contribution is -2.38. The average molecular weight is 710 g/mol. The van der Waals surface area contributed by atoms with Crippen LogP contribution in [0.15, 0.2) is 0 Å². The normalized spacial score (nSPS) is 14.1. The molecule has 1 aliphatic heterocycles. The molecule has 9 nitrogen and oxygen atoms in total. The molecule has 0 aromatic carbocycles. The molecule has 0 spiro atoms. The van der Waals surface area contributed by atoms with Crippen LogP contribution in [0, 0.1) is 11.8 Å². The zero-order valence-electron chi connectivity index (χ0n) is 32.5. The highest BCUT2D eigenvalue weighted by Crippen LogP contribution is 2.21. The van der Waals surface area contributed by atoms with Crippen molar-refractivity contribution in [2.75, 3.05) is 46.1 Å². The number of rotatable bonds is 35. The summed E-state index contributed by atoms with van der Waals surface area (Å²) in [6.07, 6.45) is 24.4. The predicted octanol–water partition coefficient (Wildman–Crippen LogP) is 9.52. The Kier molecular flexibility index (Phi) is 30.0. The Balaban J connectivity index is 2.49. The van der Waals surface area contributed by atoms with E-state index in [1.807, 2.05) is 0 Å². The van der Waals surface area contributed by atoms with Gasteiger partial charge in [-0.1, -0.05) is 124 Å². The minimum Gasteiger partial charge on any atom is -0.466 e. The van der Waals surface area contributed by atoms with Crippen molar-refractivity contribution < 1.29 is 38.1 Å². The molecule has 2 unspecified atom stereocenters. The molecule has 1 fully saturated rings. The van der Waals surface area contributed by atoms with Crippen LogP contribution in [0.2, 0.25) is 0 Å². The quantitative estimate of drug-likeness (QED) is 0.0361. The van der Waals surface area contributed by atoms with Crippen LogP contribution in [0.5, 0.6) is 0 Å². The Morgan fingerprint density at radius 3 is 1.46 bits per heavy atom. The summed E-state index contributed by atoms with van der Waals surface area (Å²) in [4.78, 5) is 52.5. The molecule has 0 N–H and O–H groups in total. The lowest BCUT2D eigenvalue weighted by molar-refractivity contribution is -0.156. The second-order valence-electron chi connectivity index (χ2n) is 14.5. The van der Waals surface area contributed by atoms with Crippen LogP contribution >= 0.6 is 0 Å². The van der Waals surface area contributed by atoms with Crippen LogP contribution in [0.1, 0.15) is 181 Å². The zero-order valence-corrected chi connectivity index (χ0v) is 32.5. The summed E-state index contributed by atoms with van der Waals surface area (Å²) in [7, 11) is 0. The topological polar surface area (TPSA) is 108 Å². The molecule has 292 valence electrons. The largest absolute Gasteiger partial charge is 0.466 e. The Bertz CT molecular complexity index is 862. The van der Waals surface area contributed by atoms with E-state index >= 15 is 0 Å². The van der Waals surface area contributed by atoms with Crippen molar-refractivity contribution >= 4 is 23.9 Å². The van der Waals surface area contributed by atoms with Crippen LogP contribution in [0.25, 0.3) is 0 Å². The number of carbonyl (C=O) groups is 4. The Morgan fingerprint density at radius 1 is 0.500 bits per heavy atom. The van der Waals surface area contributed by atoms with E-state index in [9.17, 15) is 19.2 Å². The molecule has 0 amide bonds. The molecule has 50 heavy (non-hydrogen) atoms.